The Kier molecular flexibility index (Phi) is 3.52. The van der Waals surface area contributed by atoms with Crippen molar-refractivity contribution in [2.24, 2.45) is 0 Å². The normalized spacial score (nSPS) is 10.6. The van der Waals surface area contributed by atoms with Crippen molar-refractivity contribution >= 4 is 6.29 Å². The number of hydrogen-bond donors (Lipinski definition) is 0. The second-order valence-electron chi connectivity index (χ2n) is 4.98. The highest BCUT2D eigenvalue weighted by atomic mass is 19.1. The Labute approximate surface area is 113 Å². The lowest BCUT2D eigenvalue weighted by atomic mass is 9.88. The summed E-state index contributed by atoms with van der Waals surface area (Å²) in [5.74, 6) is -0.321. The van der Waals surface area contributed by atoms with Gasteiger partial charge in [0.15, 0.2) is 6.29 Å². The van der Waals surface area contributed by atoms with Crippen molar-refractivity contribution in [2.45, 2.75) is 27.7 Å². The van der Waals surface area contributed by atoms with E-state index in [2.05, 4.69) is 6.07 Å². The summed E-state index contributed by atoms with van der Waals surface area (Å²) in [5, 5.41) is 0. The molecule has 0 amide bonds. The molecule has 0 spiro atoms. The molecular formula is C17H17FO. The Bertz CT molecular complexity index is 631. The average Bonchev–Trinajstić information content (AvgIpc) is 2.37. The van der Waals surface area contributed by atoms with Crippen LogP contribution in [0.1, 0.15) is 32.6 Å². The summed E-state index contributed by atoms with van der Waals surface area (Å²) in [5.41, 5.74) is 6.67. The quantitative estimate of drug-likeness (QED) is 0.721. The summed E-state index contributed by atoms with van der Waals surface area (Å²) in [6, 6.07) is 6.42. The molecule has 0 aliphatic rings. The molecule has 0 unspecified atom stereocenters. The minimum absolute atomic E-state index is 0.321. The molecule has 0 aliphatic heterocycles. The van der Waals surface area contributed by atoms with Gasteiger partial charge in [0.1, 0.15) is 5.82 Å². The van der Waals surface area contributed by atoms with Crippen LogP contribution in [0.4, 0.5) is 4.39 Å². The van der Waals surface area contributed by atoms with Gasteiger partial charge in [-0.3, -0.25) is 4.79 Å². The number of halogens is 1. The van der Waals surface area contributed by atoms with Crippen molar-refractivity contribution in [3.8, 4) is 11.1 Å². The molecule has 1 nitrogen and oxygen atoms in total. The SMILES string of the molecule is Cc1cc(C)c(C)c(-c2cc(F)ccc2C=O)c1C. The van der Waals surface area contributed by atoms with E-state index in [1.807, 2.05) is 27.7 Å². The lowest BCUT2D eigenvalue weighted by Gasteiger charge is -2.17. The molecule has 2 heteroatoms. The first-order valence-electron chi connectivity index (χ1n) is 6.28. The van der Waals surface area contributed by atoms with Crippen LogP contribution < -0.4 is 0 Å². The van der Waals surface area contributed by atoms with Crippen molar-refractivity contribution in [1.82, 2.24) is 0 Å². The number of aryl methyl sites for hydroxylation is 2. The van der Waals surface area contributed by atoms with Crippen LogP contribution in [0.15, 0.2) is 24.3 Å². The van der Waals surface area contributed by atoms with Crippen molar-refractivity contribution in [3.63, 3.8) is 0 Å². The third kappa shape index (κ3) is 2.30. The maximum atomic E-state index is 13.5. The second-order valence-corrected chi connectivity index (χ2v) is 4.98. The Hall–Kier alpha value is -1.96. The zero-order valence-corrected chi connectivity index (χ0v) is 11.7. The number of aldehydes is 1. The maximum Gasteiger partial charge on any atom is 0.150 e. The third-order valence-electron chi connectivity index (χ3n) is 3.78. The topological polar surface area (TPSA) is 17.1 Å². The predicted octanol–water partition coefficient (Wildman–Crippen LogP) is 4.54. The van der Waals surface area contributed by atoms with Crippen LogP contribution in [0.25, 0.3) is 11.1 Å². The Morgan fingerprint density at radius 3 is 2.05 bits per heavy atom. The van der Waals surface area contributed by atoms with E-state index in [1.165, 1.54) is 18.2 Å². The lowest BCUT2D eigenvalue weighted by Crippen LogP contribution is -1.98. The largest absolute Gasteiger partial charge is 0.298 e. The molecule has 2 aromatic carbocycles. The van der Waals surface area contributed by atoms with Crippen LogP contribution in [0.5, 0.6) is 0 Å². The highest BCUT2D eigenvalue weighted by Gasteiger charge is 2.14. The second kappa shape index (κ2) is 4.96. The molecule has 2 rings (SSSR count). The number of benzene rings is 2. The standard InChI is InChI=1S/C17H17FO/c1-10-7-11(2)13(4)17(12(10)3)16-8-15(18)6-5-14(16)9-19/h5-9H,1-4H3. The first-order valence-corrected chi connectivity index (χ1v) is 6.28. The van der Waals surface area contributed by atoms with Crippen molar-refractivity contribution in [1.29, 1.82) is 0 Å². The Morgan fingerprint density at radius 2 is 1.53 bits per heavy atom. The van der Waals surface area contributed by atoms with Gasteiger partial charge in [-0.05, 0) is 79.3 Å². The minimum atomic E-state index is -0.321. The zero-order chi connectivity index (χ0) is 14.2. The van der Waals surface area contributed by atoms with E-state index in [-0.39, 0.29) is 5.82 Å². The summed E-state index contributed by atoms with van der Waals surface area (Å²) in [4.78, 5) is 11.2. The summed E-state index contributed by atoms with van der Waals surface area (Å²) >= 11 is 0. The van der Waals surface area contributed by atoms with Gasteiger partial charge in [-0.25, -0.2) is 4.39 Å². The van der Waals surface area contributed by atoms with Gasteiger partial charge in [-0.2, -0.15) is 0 Å². The molecule has 0 saturated heterocycles. The summed E-state index contributed by atoms with van der Waals surface area (Å²) in [6.07, 6.45) is 0.783. The molecule has 0 aromatic heterocycles. The highest BCUT2D eigenvalue weighted by molar-refractivity contribution is 5.90. The van der Waals surface area contributed by atoms with E-state index in [0.29, 0.717) is 11.1 Å². The van der Waals surface area contributed by atoms with Crippen LogP contribution in [-0.2, 0) is 0 Å². The van der Waals surface area contributed by atoms with Crippen LogP contribution in [-0.4, -0.2) is 6.29 Å². The number of carbonyl (C=O) groups is 1. The first-order chi connectivity index (χ1) is 8.95. The van der Waals surface area contributed by atoms with E-state index in [4.69, 9.17) is 0 Å². The average molecular weight is 256 g/mol. The van der Waals surface area contributed by atoms with Crippen LogP contribution in [0.2, 0.25) is 0 Å². The first kappa shape index (κ1) is 13.5. The number of carbonyl (C=O) groups excluding carboxylic acids is 1. The van der Waals surface area contributed by atoms with Crippen LogP contribution >= 0.6 is 0 Å². The number of hydrogen-bond acceptors (Lipinski definition) is 1. The lowest BCUT2D eigenvalue weighted by molar-refractivity contribution is 0.112. The summed E-state index contributed by atoms with van der Waals surface area (Å²) in [7, 11) is 0. The molecule has 0 fully saturated rings. The van der Waals surface area contributed by atoms with Gasteiger partial charge >= 0.3 is 0 Å². The molecule has 2 aromatic rings. The Morgan fingerprint density at radius 1 is 0.947 bits per heavy atom. The van der Waals surface area contributed by atoms with Crippen LogP contribution in [0.3, 0.4) is 0 Å². The molecule has 0 saturated carbocycles. The van der Waals surface area contributed by atoms with Gasteiger partial charge in [-0.1, -0.05) is 6.07 Å². The van der Waals surface area contributed by atoms with E-state index in [0.717, 1.165) is 34.1 Å². The molecular weight excluding hydrogens is 239 g/mol. The fraction of sp³-hybridized carbons (Fsp3) is 0.235. The maximum absolute atomic E-state index is 13.5. The van der Waals surface area contributed by atoms with Gasteiger partial charge in [-0.15, -0.1) is 0 Å². The fourth-order valence-corrected chi connectivity index (χ4v) is 2.47. The zero-order valence-electron chi connectivity index (χ0n) is 11.7. The van der Waals surface area contributed by atoms with Gasteiger partial charge in [0, 0.05) is 5.56 Å². The van der Waals surface area contributed by atoms with Crippen molar-refractivity contribution in [3.05, 3.63) is 57.9 Å². The van der Waals surface area contributed by atoms with Crippen LogP contribution in [0, 0.1) is 33.5 Å². The van der Waals surface area contributed by atoms with Crippen molar-refractivity contribution < 1.29 is 9.18 Å². The van der Waals surface area contributed by atoms with Crippen molar-refractivity contribution in [2.75, 3.05) is 0 Å². The van der Waals surface area contributed by atoms with Gasteiger partial charge in [0.25, 0.3) is 0 Å². The highest BCUT2D eigenvalue weighted by Crippen LogP contribution is 2.33. The van der Waals surface area contributed by atoms with E-state index < -0.39 is 0 Å². The summed E-state index contributed by atoms with van der Waals surface area (Å²) in [6.45, 7) is 8.09. The molecule has 19 heavy (non-hydrogen) atoms. The predicted molar refractivity (Wildman–Crippen MR) is 76.2 cm³/mol. The molecule has 0 bridgehead atoms. The Balaban J connectivity index is 2.86. The van der Waals surface area contributed by atoms with E-state index in [9.17, 15) is 9.18 Å². The number of rotatable bonds is 2. The van der Waals surface area contributed by atoms with E-state index >= 15 is 0 Å². The minimum Gasteiger partial charge on any atom is -0.298 e. The van der Waals surface area contributed by atoms with Gasteiger partial charge in [0.05, 0.1) is 0 Å². The smallest absolute Gasteiger partial charge is 0.150 e. The monoisotopic (exact) mass is 256 g/mol. The molecule has 98 valence electrons. The fourth-order valence-electron chi connectivity index (χ4n) is 2.47. The van der Waals surface area contributed by atoms with E-state index in [1.54, 1.807) is 0 Å². The molecule has 0 aliphatic carbocycles. The molecule has 0 heterocycles. The van der Waals surface area contributed by atoms with Gasteiger partial charge < -0.3 is 0 Å². The molecule has 0 radical (unpaired) electrons. The molecule has 0 N–H and O–H groups in total. The summed E-state index contributed by atoms with van der Waals surface area (Å²) < 4.78 is 13.5. The third-order valence-corrected chi connectivity index (χ3v) is 3.78. The van der Waals surface area contributed by atoms with Gasteiger partial charge in [0.2, 0.25) is 0 Å². The molecule has 0 atom stereocenters.